The van der Waals surface area contributed by atoms with Gasteiger partial charge in [-0.15, -0.1) is 0 Å². The van der Waals surface area contributed by atoms with E-state index < -0.39 is 0 Å². The van der Waals surface area contributed by atoms with Crippen LogP contribution in [0.15, 0.2) is 54.6 Å². The maximum atomic E-state index is 12.2. The molecule has 0 saturated carbocycles. The number of nitrogens with one attached hydrogen (secondary N) is 1. The van der Waals surface area contributed by atoms with Gasteiger partial charge in [-0.25, -0.2) is 0 Å². The molecule has 0 radical (unpaired) electrons. The molecule has 1 atom stereocenters. The molecule has 0 unspecified atom stereocenters. The van der Waals surface area contributed by atoms with Crippen molar-refractivity contribution in [3.63, 3.8) is 0 Å². The van der Waals surface area contributed by atoms with Crippen LogP contribution in [0.5, 0.6) is 5.75 Å². The lowest BCUT2D eigenvalue weighted by atomic mass is 10.1. The zero-order valence-electron chi connectivity index (χ0n) is 15.4. The number of rotatable bonds is 9. The zero-order chi connectivity index (χ0) is 18.1. The van der Waals surface area contributed by atoms with Gasteiger partial charge in [0.15, 0.2) is 0 Å². The van der Waals surface area contributed by atoms with E-state index in [1.165, 1.54) is 5.56 Å². The van der Waals surface area contributed by atoms with Crippen molar-refractivity contribution in [1.82, 2.24) is 10.2 Å². The van der Waals surface area contributed by atoms with E-state index >= 15 is 0 Å². The van der Waals surface area contributed by atoms with Crippen LogP contribution in [-0.4, -0.2) is 38.6 Å². The average Bonchev–Trinajstić information content (AvgIpc) is 2.62. The van der Waals surface area contributed by atoms with Crippen molar-refractivity contribution in [2.75, 3.05) is 27.7 Å². The normalized spacial score (nSPS) is 12.0. The molecule has 2 rings (SSSR count). The van der Waals surface area contributed by atoms with Gasteiger partial charge in [0.1, 0.15) is 5.75 Å². The Labute approximate surface area is 150 Å². The molecule has 1 amide bonds. The summed E-state index contributed by atoms with van der Waals surface area (Å²) in [7, 11) is 5.70. The van der Waals surface area contributed by atoms with Crippen LogP contribution in [-0.2, 0) is 11.2 Å². The Morgan fingerprint density at radius 2 is 1.88 bits per heavy atom. The van der Waals surface area contributed by atoms with Crippen LogP contribution in [0.25, 0.3) is 0 Å². The predicted octanol–water partition coefficient (Wildman–Crippen LogP) is 3.44. The van der Waals surface area contributed by atoms with Crippen molar-refractivity contribution < 1.29 is 9.53 Å². The number of likely N-dealkylation sites (N-methyl/N-ethyl adjacent to an activating group) is 1. The number of benzene rings is 2. The van der Waals surface area contributed by atoms with Gasteiger partial charge in [-0.2, -0.15) is 0 Å². The first-order valence-corrected chi connectivity index (χ1v) is 8.71. The molecule has 0 aliphatic carbocycles. The number of carbonyl (C=O) groups excluding carboxylic acids is 1. The smallest absolute Gasteiger partial charge is 0.220 e. The fraction of sp³-hybridized carbons (Fsp3) is 0.381. The fourth-order valence-corrected chi connectivity index (χ4v) is 2.84. The lowest BCUT2D eigenvalue weighted by Crippen LogP contribution is -2.34. The Morgan fingerprint density at radius 3 is 2.56 bits per heavy atom. The van der Waals surface area contributed by atoms with Crippen LogP contribution in [0, 0.1) is 0 Å². The van der Waals surface area contributed by atoms with Crippen molar-refractivity contribution in [2.45, 2.75) is 25.3 Å². The van der Waals surface area contributed by atoms with Crippen LogP contribution in [0.3, 0.4) is 0 Å². The van der Waals surface area contributed by atoms with E-state index in [1.54, 1.807) is 7.11 Å². The zero-order valence-corrected chi connectivity index (χ0v) is 15.4. The van der Waals surface area contributed by atoms with E-state index in [4.69, 9.17) is 4.74 Å². The molecule has 0 spiro atoms. The van der Waals surface area contributed by atoms with Crippen LogP contribution in [0.4, 0.5) is 0 Å². The standard InChI is InChI=1S/C21H28N2O2/c1-23(2)20(18-12-8-13-19(15-18)25-3)16-22-21(24)14-7-11-17-9-5-4-6-10-17/h4-6,8-10,12-13,15,20H,7,11,14,16H2,1-3H3,(H,22,24)/t20-/m0/s1. The summed E-state index contributed by atoms with van der Waals surface area (Å²) in [5.74, 6) is 0.934. The minimum atomic E-state index is 0.102. The number of hydrogen-bond donors (Lipinski definition) is 1. The molecule has 0 aliphatic rings. The highest BCUT2D eigenvalue weighted by Gasteiger charge is 2.15. The van der Waals surface area contributed by atoms with E-state index in [0.717, 1.165) is 24.2 Å². The van der Waals surface area contributed by atoms with Gasteiger partial charge < -0.3 is 15.0 Å². The second kappa shape index (κ2) is 9.84. The molecule has 2 aromatic carbocycles. The van der Waals surface area contributed by atoms with E-state index in [9.17, 15) is 4.79 Å². The molecule has 2 aromatic rings. The van der Waals surface area contributed by atoms with Crippen LogP contribution < -0.4 is 10.1 Å². The largest absolute Gasteiger partial charge is 0.497 e. The van der Waals surface area contributed by atoms with Gasteiger partial charge in [0.2, 0.25) is 5.91 Å². The van der Waals surface area contributed by atoms with Crippen molar-refractivity contribution >= 4 is 5.91 Å². The van der Waals surface area contributed by atoms with E-state index in [1.807, 2.05) is 50.5 Å². The van der Waals surface area contributed by atoms with Crippen LogP contribution in [0.2, 0.25) is 0 Å². The second-order valence-corrected chi connectivity index (χ2v) is 6.40. The van der Waals surface area contributed by atoms with Crippen molar-refractivity contribution in [3.8, 4) is 5.75 Å². The van der Waals surface area contributed by atoms with Gasteiger partial charge in [-0.3, -0.25) is 4.79 Å². The quantitative estimate of drug-likeness (QED) is 0.760. The van der Waals surface area contributed by atoms with E-state index in [-0.39, 0.29) is 11.9 Å². The Balaban J connectivity index is 1.82. The summed E-state index contributed by atoms with van der Waals surface area (Å²) >= 11 is 0. The third-order valence-electron chi connectivity index (χ3n) is 4.31. The first-order chi connectivity index (χ1) is 12.1. The highest BCUT2D eigenvalue weighted by atomic mass is 16.5. The maximum Gasteiger partial charge on any atom is 0.220 e. The van der Waals surface area contributed by atoms with Crippen molar-refractivity contribution in [1.29, 1.82) is 0 Å². The van der Waals surface area contributed by atoms with Crippen molar-refractivity contribution in [3.05, 3.63) is 65.7 Å². The summed E-state index contributed by atoms with van der Waals surface area (Å²) in [4.78, 5) is 14.3. The molecule has 0 aromatic heterocycles. The Morgan fingerprint density at radius 1 is 1.12 bits per heavy atom. The molecule has 0 bridgehead atoms. The molecular formula is C21H28N2O2. The molecule has 1 N–H and O–H groups in total. The summed E-state index contributed by atoms with van der Waals surface area (Å²) in [6.45, 7) is 0.588. The van der Waals surface area contributed by atoms with Gasteiger partial charge in [0.05, 0.1) is 13.2 Å². The number of nitrogens with zero attached hydrogens (tertiary/aromatic N) is 1. The SMILES string of the molecule is COc1cccc([C@H](CNC(=O)CCCc2ccccc2)N(C)C)c1. The number of aryl methyl sites for hydroxylation is 1. The summed E-state index contributed by atoms with van der Waals surface area (Å²) in [5.41, 5.74) is 2.41. The molecule has 0 heterocycles. The topological polar surface area (TPSA) is 41.6 Å². The second-order valence-electron chi connectivity index (χ2n) is 6.40. The highest BCUT2D eigenvalue weighted by Crippen LogP contribution is 2.22. The minimum absolute atomic E-state index is 0.102. The number of ether oxygens (including phenoxy) is 1. The predicted molar refractivity (Wildman–Crippen MR) is 102 cm³/mol. The molecular weight excluding hydrogens is 312 g/mol. The van der Waals surface area contributed by atoms with Gasteiger partial charge >= 0.3 is 0 Å². The Hall–Kier alpha value is -2.33. The monoisotopic (exact) mass is 340 g/mol. The van der Waals surface area contributed by atoms with Crippen molar-refractivity contribution in [2.24, 2.45) is 0 Å². The molecule has 134 valence electrons. The number of hydrogen-bond acceptors (Lipinski definition) is 3. The van der Waals surface area contributed by atoms with Gasteiger partial charge in [-0.1, -0.05) is 42.5 Å². The molecule has 4 heteroatoms. The summed E-state index contributed by atoms with van der Waals surface area (Å²) < 4.78 is 5.30. The van der Waals surface area contributed by atoms with E-state index in [0.29, 0.717) is 13.0 Å². The lowest BCUT2D eigenvalue weighted by molar-refractivity contribution is -0.121. The van der Waals surface area contributed by atoms with Gasteiger partial charge in [0.25, 0.3) is 0 Å². The molecule has 4 nitrogen and oxygen atoms in total. The Bertz CT molecular complexity index is 656. The molecule has 0 fully saturated rings. The summed E-state index contributed by atoms with van der Waals surface area (Å²) in [6, 6.07) is 18.4. The minimum Gasteiger partial charge on any atom is -0.497 e. The maximum absolute atomic E-state index is 12.2. The fourth-order valence-electron chi connectivity index (χ4n) is 2.84. The molecule has 0 aliphatic heterocycles. The first-order valence-electron chi connectivity index (χ1n) is 8.71. The third kappa shape index (κ3) is 6.24. The third-order valence-corrected chi connectivity index (χ3v) is 4.31. The lowest BCUT2D eigenvalue weighted by Gasteiger charge is -2.25. The van der Waals surface area contributed by atoms with Gasteiger partial charge in [0, 0.05) is 13.0 Å². The first kappa shape index (κ1) is 19.0. The van der Waals surface area contributed by atoms with E-state index in [2.05, 4.69) is 28.4 Å². The average molecular weight is 340 g/mol. The number of amides is 1. The highest BCUT2D eigenvalue weighted by molar-refractivity contribution is 5.75. The van der Waals surface area contributed by atoms with Gasteiger partial charge in [-0.05, 0) is 50.2 Å². The van der Waals surface area contributed by atoms with Crippen LogP contribution in [0.1, 0.15) is 30.0 Å². The number of methoxy groups -OCH3 is 1. The summed E-state index contributed by atoms with van der Waals surface area (Å²) in [5, 5.41) is 3.06. The van der Waals surface area contributed by atoms with Crippen LogP contribution >= 0.6 is 0 Å². The Kier molecular flexibility index (Phi) is 7.48. The molecule has 0 saturated heterocycles. The molecule has 25 heavy (non-hydrogen) atoms. The summed E-state index contributed by atoms with van der Waals surface area (Å²) in [6.07, 6.45) is 2.34. The number of carbonyl (C=O) groups is 1.